The van der Waals surface area contributed by atoms with Crippen molar-refractivity contribution in [2.75, 3.05) is 0 Å². The monoisotopic (exact) mass is 214 g/mol. The summed E-state index contributed by atoms with van der Waals surface area (Å²) in [6.45, 7) is 3.18. The molecule has 1 aliphatic carbocycles. The lowest BCUT2D eigenvalue weighted by Gasteiger charge is -2.06. The zero-order valence-electron chi connectivity index (χ0n) is 9.96. The molecule has 1 aromatic carbocycles. The van der Waals surface area contributed by atoms with Crippen LogP contribution in [0, 0.1) is 6.92 Å². The van der Waals surface area contributed by atoms with Crippen molar-refractivity contribution in [2.45, 2.75) is 32.4 Å². The summed E-state index contributed by atoms with van der Waals surface area (Å²) in [5.74, 6) is 0. The second kappa shape index (κ2) is 3.63. The van der Waals surface area contributed by atoms with Crippen LogP contribution in [0.1, 0.15) is 24.1 Å². The lowest BCUT2D eigenvalue weighted by Crippen LogP contribution is -2.17. The zero-order chi connectivity index (χ0) is 11.1. The molecule has 1 heterocycles. The summed E-state index contributed by atoms with van der Waals surface area (Å²) < 4.78 is 2.32. The van der Waals surface area contributed by atoms with Gasteiger partial charge < -0.3 is 9.88 Å². The Labute approximate surface area is 96.3 Å². The van der Waals surface area contributed by atoms with Gasteiger partial charge in [-0.15, -0.1) is 0 Å². The minimum absolute atomic E-state index is 0.777. The molecular weight excluding hydrogens is 196 g/mol. The number of hydrogen-bond donors (Lipinski definition) is 1. The molecule has 0 aliphatic heterocycles. The van der Waals surface area contributed by atoms with E-state index in [4.69, 9.17) is 0 Å². The maximum Gasteiger partial charge on any atom is 0.0510 e. The number of nitrogens with zero attached hydrogens (tertiary/aromatic N) is 1. The van der Waals surface area contributed by atoms with Crippen molar-refractivity contribution in [1.82, 2.24) is 9.88 Å². The summed E-state index contributed by atoms with van der Waals surface area (Å²) in [4.78, 5) is 0. The van der Waals surface area contributed by atoms with Crippen molar-refractivity contribution in [1.29, 1.82) is 0 Å². The van der Waals surface area contributed by atoms with E-state index >= 15 is 0 Å². The number of benzene rings is 1. The summed E-state index contributed by atoms with van der Waals surface area (Å²) >= 11 is 0. The number of rotatable bonds is 3. The third kappa shape index (κ3) is 1.63. The summed E-state index contributed by atoms with van der Waals surface area (Å²) in [6, 6.07) is 9.59. The Hall–Kier alpha value is -1.28. The Morgan fingerprint density at radius 2 is 2.19 bits per heavy atom. The summed E-state index contributed by atoms with van der Waals surface area (Å²) in [6.07, 6.45) is 2.70. The molecule has 0 saturated heterocycles. The fraction of sp³-hybridized carbons (Fsp3) is 0.429. The quantitative estimate of drug-likeness (QED) is 0.831. The van der Waals surface area contributed by atoms with Gasteiger partial charge in [-0.05, 0) is 31.4 Å². The van der Waals surface area contributed by atoms with Crippen LogP contribution in [0.2, 0.25) is 0 Å². The van der Waals surface area contributed by atoms with Gasteiger partial charge >= 0.3 is 0 Å². The second-order valence-corrected chi connectivity index (χ2v) is 4.86. The normalized spacial score (nSPS) is 15.9. The third-order valence-electron chi connectivity index (χ3n) is 3.51. The average Bonchev–Trinajstić information content (AvgIpc) is 3.02. The van der Waals surface area contributed by atoms with E-state index in [0.29, 0.717) is 0 Å². The van der Waals surface area contributed by atoms with Crippen LogP contribution in [0.5, 0.6) is 0 Å². The molecule has 2 heteroatoms. The first-order chi connectivity index (χ1) is 7.75. The molecule has 0 bridgehead atoms. The highest BCUT2D eigenvalue weighted by molar-refractivity contribution is 5.84. The van der Waals surface area contributed by atoms with Crippen molar-refractivity contribution in [3.05, 3.63) is 35.5 Å². The first-order valence-corrected chi connectivity index (χ1v) is 6.03. The van der Waals surface area contributed by atoms with Crippen molar-refractivity contribution in [3.63, 3.8) is 0 Å². The van der Waals surface area contributed by atoms with Crippen LogP contribution in [0.15, 0.2) is 24.3 Å². The molecule has 0 atom stereocenters. The van der Waals surface area contributed by atoms with Crippen LogP contribution in [-0.4, -0.2) is 10.6 Å². The van der Waals surface area contributed by atoms with Crippen molar-refractivity contribution < 1.29 is 0 Å². The Bertz CT molecular complexity index is 521. The molecule has 1 fully saturated rings. The fourth-order valence-electron chi connectivity index (χ4n) is 2.38. The molecule has 84 valence electrons. The minimum Gasteiger partial charge on any atom is -0.346 e. The Balaban J connectivity index is 1.98. The van der Waals surface area contributed by atoms with E-state index in [2.05, 4.69) is 48.1 Å². The van der Waals surface area contributed by atoms with Crippen LogP contribution < -0.4 is 5.32 Å². The molecule has 3 rings (SSSR count). The molecule has 2 nitrogen and oxygen atoms in total. The van der Waals surface area contributed by atoms with E-state index in [1.807, 2.05) is 0 Å². The van der Waals surface area contributed by atoms with E-state index in [1.54, 1.807) is 0 Å². The summed E-state index contributed by atoms with van der Waals surface area (Å²) in [7, 11) is 2.17. The number of aryl methyl sites for hydroxylation is 2. The number of nitrogens with one attached hydrogen (secondary N) is 1. The largest absolute Gasteiger partial charge is 0.346 e. The minimum atomic E-state index is 0.777. The van der Waals surface area contributed by atoms with Crippen molar-refractivity contribution in [2.24, 2.45) is 7.05 Å². The fourth-order valence-corrected chi connectivity index (χ4v) is 2.38. The molecule has 1 aliphatic rings. The highest BCUT2D eigenvalue weighted by Crippen LogP contribution is 2.23. The molecule has 1 aromatic heterocycles. The summed E-state index contributed by atoms with van der Waals surface area (Å²) in [5.41, 5.74) is 4.11. The van der Waals surface area contributed by atoms with Gasteiger partial charge in [0.1, 0.15) is 0 Å². The summed E-state index contributed by atoms with van der Waals surface area (Å²) in [5, 5.41) is 4.93. The Morgan fingerprint density at radius 1 is 1.38 bits per heavy atom. The van der Waals surface area contributed by atoms with E-state index < -0.39 is 0 Å². The Morgan fingerprint density at radius 3 is 2.88 bits per heavy atom. The highest BCUT2D eigenvalue weighted by atomic mass is 15.0. The lowest BCUT2D eigenvalue weighted by atomic mass is 10.2. The van der Waals surface area contributed by atoms with Gasteiger partial charge in [0.2, 0.25) is 0 Å². The van der Waals surface area contributed by atoms with E-state index in [0.717, 1.165) is 12.6 Å². The molecular formula is C14H18N2. The van der Waals surface area contributed by atoms with Gasteiger partial charge in [-0.3, -0.25) is 0 Å². The standard InChI is InChI=1S/C14H18N2/c1-10-4-3-5-11-8-13(16(2)14(10)11)9-15-12-6-7-12/h3-5,8,12,15H,6-7,9H2,1-2H3. The zero-order valence-corrected chi connectivity index (χ0v) is 9.96. The number of hydrogen-bond acceptors (Lipinski definition) is 1. The van der Waals surface area contributed by atoms with Crippen molar-refractivity contribution in [3.8, 4) is 0 Å². The topological polar surface area (TPSA) is 17.0 Å². The van der Waals surface area contributed by atoms with Gasteiger partial charge in [0.15, 0.2) is 0 Å². The van der Waals surface area contributed by atoms with Gasteiger partial charge in [-0.25, -0.2) is 0 Å². The van der Waals surface area contributed by atoms with Crippen LogP contribution in [0.3, 0.4) is 0 Å². The molecule has 0 unspecified atom stereocenters. The van der Waals surface area contributed by atoms with Crippen molar-refractivity contribution >= 4 is 10.9 Å². The third-order valence-corrected chi connectivity index (χ3v) is 3.51. The molecule has 1 N–H and O–H groups in total. The molecule has 0 radical (unpaired) electrons. The number of fused-ring (bicyclic) bond motifs is 1. The van der Waals surface area contributed by atoms with Gasteiger partial charge in [-0.2, -0.15) is 0 Å². The molecule has 0 amide bonds. The predicted molar refractivity (Wildman–Crippen MR) is 67.5 cm³/mol. The molecule has 2 aromatic rings. The molecule has 1 saturated carbocycles. The first kappa shape index (κ1) is 9.91. The average molecular weight is 214 g/mol. The predicted octanol–water partition coefficient (Wildman–Crippen LogP) is 2.74. The number of aromatic nitrogens is 1. The van der Waals surface area contributed by atoms with Gasteiger partial charge in [0.05, 0.1) is 5.52 Å². The van der Waals surface area contributed by atoms with E-state index in [-0.39, 0.29) is 0 Å². The second-order valence-electron chi connectivity index (χ2n) is 4.86. The van der Waals surface area contributed by atoms with Crippen LogP contribution in [0.25, 0.3) is 10.9 Å². The first-order valence-electron chi connectivity index (χ1n) is 6.03. The van der Waals surface area contributed by atoms with Crippen LogP contribution in [-0.2, 0) is 13.6 Å². The van der Waals surface area contributed by atoms with E-state index in [1.165, 1.54) is 35.0 Å². The number of para-hydroxylation sites is 1. The van der Waals surface area contributed by atoms with Gasteiger partial charge in [0, 0.05) is 30.7 Å². The van der Waals surface area contributed by atoms with Crippen LogP contribution in [0.4, 0.5) is 0 Å². The highest BCUT2D eigenvalue weighted by Gasteiger charge is 2.20. The maximum absolute atomic E-state index is 3.57. The molecule has 0 spiro atoms. The SMILES string of the molecule is Cc1cccc2cc(CNC3CC3)n(C)c12. The smallest absolute Gasteiger partial charge is 0.0510 e. The Kier molecular flexibility index (Phi) is 2.25. The van der Waals surface area contributed by atoms with Crippen LogP contribution >= 0.6 is 0 Å². The van der Waals surface area contributed by atoms with Gasteiger partial charge in [-0.1, -0.05) is 18.2 Å². The maximum atomic E-state index is 3.57. The van der Waals surface area contributed by atoms with Gasteiger partial charge in [0.25, 0.3) is 0 Å². The molecule has 16 heavy (non-hydrogen) atoms. The van der Waals surface area contributed by atoms with E-state index in [9.17, 15) is 0 Å². The lowest BCUT2D eigenvalue weighted by molar-refractivity contribution is 0.655.